The van der Waals surface area contributed by atoms with Crippen LogP contribution in [0.5, 0.6) is 0 Å². The molecule has 0 N–H and O–H groups in total. The Morgan fingerprint density at radius 2 is 2.67 bits per heavy atom. The van der Waals surface area contributed by atoms with Crippen LogP contribution in [-0.4, -0.2) is 11.6 Å². The number of hydrogen-bond donors (Lipinski definition) is 0. The Morgan fingerprint density at radius 3 is 3.56 bits per heavy atom. The summed E-state index contributed by atoms with van der Waals surface area (Å²) >= 11 is 1.71. The zero-order valence-corrected chi connectivity index (χ0v) is 5.52. The highest BCUT2D eigenvalue weighted by Crippen LogP contribution is 2.26. The Kier molecular flexibility index (Phi) is 1.09. The third-order valence-electron chi connectivity index (χ3n) is 1.19. The monoisotopic (exact) mass is 139 g/mol. The molecule has 0 saturated heterocycles. The summed E-state index contributed by atoms with van der Waals surface area (Å²) in [6.45, 7) is 0. The van der Waals surface area contributed by atoms with Gasteiger partial charge < -0.3 is 4.74 Å². The Morgan fingerprint density at radius 1 is 1.67 bits per heavy atom. The molecule has 46 valence electrons. The van der Waals surface area contributed by atoms with E-state index < -0.39 is 0 Å². The van der Waals surface area contributed by atoms with Crippen LogP contribution in [0.1, 0.15) is 0 Å². The maximum Gasteiger partial charge on any atom is 0.106 e. The van der Waals surface area contributed by atoms with Crippen LogP contribution in [0.3, 0.4) is 0 Å². The van der Waals surface area contributed by atoms with Crippen molar-refractivity contribution < 1.29 is 4.74 Å². The molecule has 0 radical (unpaired) electrons. The van der Waals surface area contributed by atoms with Gasteiger partial charge >= 0.3 is 0 Å². The summed E-state index contributed by atoms with van der Waals surface area (Å²) in [6.07, 6.45) is 5.26. The second-order valence-corrected chi connectivity index (χ2v) is 2.72. The molecular formula is C6H5NOS. The second kappa shape index (κ2) is 1.92. The number of hydrogen-bond acceptors (Lipinski definition) is 3. The maximum atomic E-state index is 4.94. The van der Waals surface area contributed by atoms with Gasteiger partial charge in [-0.3, -0.25) is 4.99 Å². The molecule has 0 unspecified atom stereocenters. The Labute approximate surface area is 57.3 Å². The first-order valence-electron chi connectivity index (χ1n) is 2.66. The fourth-order valence-corrected chi connectivity index (χ4v) is 1.50. The molecule has 9 heavy (non-hydrogen) atoms. The van der Waals surface area contributed by atoms with E-state index in [0.717, 1.165) is 16.5 Å². The van der Waals surface area contributed by atoms with Gasteiger partial charge in [0.1, 0.15) is 6.26 Å². The first kappa shape index (κ1) is 5.11. The van der Waals surface area contributed by atoms with Gasteiger partial charge in [0.25, 0.3) is 0 Å². The molecule has 0 bridgehead atoms. The molecule has 3 heteroatoms. The van der Waals surface area contributed by atoms with Crippen molar-refractivity contribution >= 4 is 17.5 Å². The normalized spacial score (nSPS) is 22.2. The van der Waals surface area contributed by atoms with Gasteiger partial charge in [0.15, 0.2) is 0 Å². The number of aliphatic imine (C=N–C) groups is 1. The van der Waals surface area contributed by atoms with Crippen molar-refractivity contribution in [2.45, 2.75) is 0 Å². The molecule has 2 rings (SSSR count). The fraction of sp³-hybridized carbons (Fsp3) is 0.167. The molecule has 0 aromatic carbocycles. The number of thioether (sulfide) groups is 1. The minimum atomic E-state index is 0.842. The third-order valence-corrected chi connectivity index (χ3v) is 2.06. The zero-order valence-electron chi connectivity index (χ0n) is 4.70. The van der Waals surface area contributed by atoms with E-state index in [0.29, 0.717) is 0 Å². The van der Waals surface area contributed by atoms with Crippen molar-refractivity contribution in [1.29, 1.82) is 0 Å². The Hall–Kier alpha value is -0.700. The SMILES string of the molecule is C1=CC2=NCSC2=CO1. The standard InChI is InChI=1S/C6H5NOS/c1-2-8-3-6-5(1)7-4-9-6/h1-3H,4H2. The minimum absolute atomic E-state index is 0.842. The van der Waals surface area contributed by atoms with Crippen molar-refractivity contribution in [3.8, 4) is 0 Å². The van der Waals surface area contributed by atoms with Crippen LogP contribution in [0.15, 0.2) is 28.5 Å². The molecule has 2 aliphatic rings. The first-order valence-corrected chi connectivity index (χ1v) is 3.65. The van der Waals surface area contributed by atoms with Crippen LogP contribution < -0.4 is 0 Å². The summed E-state index contributed by atoms with van der Waals surface area (Å²) in [6, 6.07) is 0. The highest BCUT2D eigenvalue weighted by Gasteiger charge is 2.13. The Bertz CT molecular complexity index is 217. The highest BCUT2D eigenvalue weighted by molar-refractivity contribution is 8.04. The highest BCUT2D eigenvalue weighted by atomic mass is 32.2. The molecule has 0 aromatic rings. The predicted molar refractivity (Wildman–Crippen MR) is 38.2 cm³/mol. The fourth-order valence-electron chi connectivity index (χ4n) is 0.757. The average molecular weight is 139 g/mol. The predicted octanol–water partition coefficient (Wildman–Crippen LogP) is 1.52. The molecule has 2 heterocycles. The molecule has 0 aromatic heterocycles. The summed E-state index contributed by atoms with van der Waals surface area (Å²) in [5.41, 5.74) is 1.06. The summed E-state index contributed by atoms with van der Waals surface area (Å²) in [4.78, 5) is 5.35. The number of nitrogens with zero attached hydrogens (tertiary/aromatic N) is 1. The molecule has 0 fully saturated rings. The topological polar surface area (TPSA) is 21.6 Å². The van der Waals surface area contributed by atoms with Crippen molar-refractivity contribution in [3.05, 3.63) is 23.5 Å². The first-order chi connectivity index (χ1) is 4.47. The number of rotatable bonds is 0. The van der Waals surface area contributed by atoms with Gasteiger partial charge in [-0.1, -0.05) is 11.8 Å². The van der Waals surface area contributed by atoms with E-state index in [4.69, 9.17) is 4.74 Å². The summed E-state index contributed by atoms with van der Waals surface area (Å²) in [7, 11) is 0. The lowest BCUT2D eigenvalue weighted by Crippen LogP contribution is -1.94. The lowest BCUT2D eigenvalue weighted by molar-refractivity contribution is 0.400. The van der Waals surface area contributed by atoms with Gasteiger partial charge in [0, 0.05) is 0 Å². The molecule has 2 nitrogen and oxygen atoms in total. The summed E-state index contributed by atoms with van der Waals surface area (Å²) in [5.74, 6) is 0.842. The van der Waals surface area contributed by atoms with Crippen LogP contribution in [-0.2, 0) is 4.74 Å². The molecule has 2 aliphatic heterocycles. The average Bonchev–Trinajstić information content (AvgIpc) is 2.33. The summed E-state index contributed by atoms with van der Waals surface area (Å²) < 4.78 is 4.94. The molecular weight excluding hydrogens is 134 g/mol. The number of ether oxygens (including phenoxy) is 1. The zero-order chi connectivity index (χ0) is 6.10. The van der Waals surface area contributed by atoms with Gasteiger partial charge in [-0.15, -0.1) is 0 Å². The lowest BCUT2D eigenvalue weighted by Gasteiger charge is -2.01. The number of allylic oxidation sites excluding steroid dienone is 2. The van der Waals surface area contributed by atoms with Gasteiger partial charge in [-0.05, 0) is 6.08 Å². The lowest BCUT2D eigenvalue weighted by atomic mass is 10.3. The van der Waals surface area contributed by atoms with Crippen molar-refractivity contribution in [2.24, 2.45) is 4.99 Å². The van der Waals surface area contributed by atoms with E-state index in [-0.39, 0.29) is 0 Å². The molecule has 0 atom stereocenters. The molecule has 0 spiro atoms. The smallest absolute Gasteiger partial charge is 0.106 e. The van der Waals surface area contributed by atoms with Crippen molar-refractivity contribution in [1.82, 2.24) is 0 Å². The van der Waals surface area contributed by atoms with Crippen LogP contribution in [0, 0.1) is 0 Å². The van der Waals surface area contributed by atoms with Gasteiger partial charge in [-0.25, -0.2) is 0 Å². The Balaban J connectivity index is 2.37. The summed E-state index contributed by atoms with van der Waals surface area (Å²) in [5, 5.41) is 0. The van der Waals surface area contributed by atoms with Gasteiger partial charge in [0.2, 0.25) is 0 Å². The molecule has 0 saturated carbocycles. The molecule has 0 amide bonds. The largest absolute Gasteiger partial charge is 0.471 e. The van der Waals surface area contributed by atoms with Crippen molar-refractivity contribution in [3.63, 3.8) is 0 Å². The van der Waals surface area contributed by atoms with Gasteiger partial charge in [-0.2, -0.15) is 0 Å². The van der Waals surface area contributed by atoms with E-state index in [1.165, 1.54) is 0 Å². The van der Waals surface area contributed by atoms with Crippen molar-refractivity contribution in [2.75, 3.05) is 5.88 Å². The van der Waals surface area contributed by atoms with Crippen LogP contribution in [0.25, 0.3) is 0 Å². The second-order valence-electron chi connectivity index (χ2n) is 1.74. The van der Waals surface area contributed by atoms with E-state index >= 15 is 0 Å². The third kappa shape index (κ3) is 0.772. The maximum absolute atomic E-state index is 4.94. The van der Waals surface area contributed by atoms with E-state index in [9.17, 15) is 0 Å². The van der Waals surface area contributed by atoms with Crippen LogP contribution in [0.2, 0.25) is 0 Å². The van der Waals surface area contributed by atoms with E-state index in [1.54, 1.807) is 24.3 Å². The minimum Gasteiger partial charge on any atom is -0.471 e. The van der Waals surface area contributed by atoms with E-state index in [1.807, 2.05) is 6.08 Å². The van der Waals surface area contributed by atoms with Gasteiger partial charge in [0.05, 0.1) is 22.8 Å². The number of fused-ring (bicyclic) bond motifs is 1. The molecule has 0 aliphatic carbocycles. The van der Waals surface area contributed by atoms with Crippen LogP contribution in [0.4, 0.5) is 0 Å². The van der Waals surface area contributed by atoms with Crippen LogP contribution >= 0.6 is 11.8 Å². The quantitative estimate of drug-likeness (QED) is 0.507. The van der Waals surface area contributed by atoms with E-state index in [2.05, 4.69) is 4.99 Å².